The largest absolute Gasteiger partial charge is 0.469 e. The van der Waals surface area contributed by atoms with Crippen LogP contribution in [0.1, 0.15) is 37.9 Å². The van der Waals surface area contributed by atoms with Crippen LogP contribution >= 0.6 is 0 Å². The molecule has 0 amide bonds. The number of rotatable bonds is 6. The summed E-state index contributed by atoms with van der Waals surface area (Å²) in [7, 11) is 2.02. The van der Waals surface area contributed by atoms with E-state index in [-0.39, 0.29) is 0 Å². The van der Waals surface area contributed by atoms with Crippen LogP contribution in [0.5, 0.6) is 0 Å². The molecule has 2 unspecified atom stereocenters. The molecule has 1 fully saturated rings. The SMILES string of the molecule is CNC(CCC1CCCCO1)Cc1ccco1. The third-order valence-electron chi connectivity index (χ3n) is 3.55. The minimum atomic E-state index is 0.483. The van der Waals surface area contributed by atoms with Gasteiger partial charge in [-0.25, -0.2) is 0 Å². The Bertz CT molecular complexity index is 291. The van der Waals surface area contributed by atoms with Gasteiger partial charge in [0.25, 0.3) is 0 Å². The number of likely N-dealkylation sites (N-methyl/N-ethyl adjacent to an activating group) is 1. The molecule has 0 saturated carbocycles. The van der Waals surface area contributed by atoms with E-state index in [9.17, 15) is 0 Å². The Balaban J connectivity index is 1.71. The highest BCUT2D eigenvalue weighted by atomic mass is 16.5. The predicted molar refractivity (Wildman–Crippen MR) is 68.1 cm³/mol. The maximum Gasteiger partial charge on any atom is 0.105 e. The molecular formula is C14H23NO2. The fourth-order valence-corrected chi connectivity index (χ4v) is 2.44. The minimum Gasteiger partial charge on any atom is -0.469 e. The van der Waals surface area contributed by atoms with Crippen molar-refractivity contribution in [2.24, 2.45) is 0 Å². The summed E-state index contributed by atoms with van der Waals surface area (Å²) in [5, 5.41) is 3.36. The van der Waals surface area contributed by atoms with Crippen LogP contribution in [-0.4, -0.2) is 25.8 Å². The van der Waals surface area contributed by atoms with Crippen LogP contribution in [-0.2, 0) is 11.2 Å². The zero-order valence-corrected chi connectivity index (χ0v) is 10.7. The molecule has 2 rings (SSSR count). The van der Waals surface area contributed by atoms with Crippen LogP contribution in [0.2, 0.25) is 0 Å². The van der Waals surface area contributed by atoms with E-state index in [1.54, 1.807) is 6.26 Å². The highest BCUT2D eigenvalue weighted by Crippen LogP contribution is 2.18. The number of hydrogen-bond acceptors (Lipinski definition) is 3. The molecule has 1 aliphatic rings. The number of hydrogen-bond donors (Lipinski definition) is 1. The molecule has 0 bridgehead atoms. The molecule has 3 nitrogen and oxygen atoms in total. The standard InChI is InChI=1S/C14H23NO2/c1-15-12(11-14-6-4-10-17-14)7-8-13-5-2-3-9-16-13/h4,6,10,12-13,15H,2-3,5,7-9,11H2,1H3. The predicted octanol–water partition coefficient (Wildman–Crippen LogP) is 2.76. The Morgan fingerprint density at radius 1 is 1.47 bits per heavy atom. The maximum absolute atomic E-state index is 5.76. The smallest absolute Gasteiger partial charge is 0.105 e. The molecule has 3 heteroatoms. The van der Waals surface area contributed by atoms with Gasteiger partial charge in [-0.3, -0.25) is 0 Å². The van der Waals surface area contributed by atoms with Crippen molar-refractivity contribution in [3.63, 3.8) is 0 Å². The number of ether oxygens (including phenoxy) is 1. The fourth-order valence-electron chi connectivity index (χ4n) is 2.44. The van der Waals surface area contributed by atoms with Gasteiger partial charge in [0.15, 0.2) is 0 Å². The molecule has 2 heterocycles. The second kappa shape index (κ2) is 6.82. The molecular weight excluding hydrogens is 214 g/mol. The Labute approximate surface area is 104 Å². The first-order valence-electron chi connectivity index (χ1n) is 6.69. The monoisotopic (exact) mass is 237 g/mol. The maximum atomic E-state index is 5.76. The van der Waals surface area contributed by atoms with E-state index in [0.717, 1.165) is 31.6 Å². The van der Waals surface area contributed by atoms with Gasteiger partial charge in [0.05, 0.1) is 12.4 Å². The first-order valence-corrected chi connectivity index (χ1v) is 6.69. The lowest BCUT2D eigenvalue weighted by molar-refractivity contribution is 0.00863. The Hall–Kier alpha value is -0.800. The van der Waals surface area contributed by atoms with E-state index in [1.165, 1.54) is 19.3 Å². The van der Waals surface area contributed by atoms with E-state index >= 15 is 0 Å². The van der Waals surface area contributed by atoms with Crippen molar-refractivity contribution < 1.29 is 9.15 Å². The summed E-state index contributed by atoms with van der Waals surface area (Å²) in [6.45, 7) is 0.951. The van der Waals surface area contributed by atoms with E-state index in [0.29, 0.717) is 12.1 Å². The van der Waals surface area contributed by atoms with Crippen molar-refractivity contribution in [2.75, 3.05) is 13.7 Å². The average Bonchev–Trinajstić information content (AvgIpc) is 2.88. The molecule has 1 saturated heterocycles. The fraction of sp³-hybridized carbons (Fsp3) is 0.714. The summed E-state index contributed by atoms with van der Waals surface area (Å²) in [6, 6.07) is 4.49. The van der Waals surface area contributed by atoms with Gasteiger partial charge < -0.3 is 14.5 Å². The Morgan fingerprint density at radius 3 is 3.06 bits per heavy atom. The number of furan rings is 1. The second-order valence-electron chi connectivity index (χ2n) is 4.84. The number of nitrogens with one attached hydrogen (secondary N) is 1. The van der Waals surface area contributed by atoms with Crippen LogP contribution in [0, 0.1) is 0 Å². The molecule has 17 heavy (non-hydrogen) atoms. The Kier molecular flexibility index (Phi) is 5.08. The topological polar surface area (TPSA) is 34.4 Å². The van der Waals surface area contributed by atoms with Gasteiger partial charge in [-0.1, -0.05) is 0 Å². The summed E-state index contributed by atoms with van der Waals surface area (Å²) >= 11 is 0. The molecule has 1 N–H and O–H groups in total. The van der Waals surface area contributed by atoms with Crippen molar-refractivity contribution in [2.45, 2.75) is 50.7 Å². The first kappa shape index (κ1) is 12.7. The van der Waals surface area contributed by atoms with Crippen LogP contribution in [0.4, 0.5) is 0 Å². The molecule has 0 aliphatic carbocycles. The van der Waals surface area contributed by atoms with Gasteiger partial charge in [0, 0.05) is 19.1 Å². The molecule has 1 aromatic rings. The van der Waals surface area contributed by atoms with E-state index in [4.69, 9.17) is 9.15 Å². The lowest BCUT2D eigenvalue weighted by atomic mass is 9.99. The third-order valence-corrected chi connectivity index (χ3v) is 3.55. The average molecular weight is 237 g/mol. The van der Waals surface area contributed by atoms with E-state index < -0.39 is 0 Å². The van der Waals surface area contributed by atoms with Gasteiger partial charge in [-0.05, 0) is 51.3 Å². The van der Waals surface area contributed by atoms with Crippen LogP contribution in [0.25, 0.3) is 0 Å². The van der Waals surface area contributed by atoms with Crippen molar-refractivity contribution in [1.82, 2.24) is 5.32 Å². The lowest BCUT2D eigenvalue weighted by Gasteiger charge is -2.24. The second-order valence-corrected chi connectivity index (χ2v) is 4.84. The van der Waals surface area contributed by atoms with Crippen LogP contribution in [0.3, 0.4) is 0 Å². The van der Waals surface area contributed by atoms with E-state index in [1.807, 2.05) is 19.2 Å². The quantitative estimate of drug-likeness (QED) is 0.826. The zero-order valence-electron chi connectivity index (χ0n) is 10.7. The van der Waals surface area contributed by atoms with Crippen LogP contribution in [0.15, 0.2) is 22.8 Å². The van der Waals surface area contributed by atoms with Gasteiger partial charge in [-0.2, -0.15) is 0 Å². The molecule has 96 valence electrons. The highest BCUT2D eigenvalue weighted by molar-refractivity contribution is 5.00. The van der Waals surface area contributed by atoms with Crippen LogP contribution < -0.4 is 5.32 Å². The Morgan fingerprint density at radius 2 is 2.41 bits per heavy atom. The molecule has 1 aromatic heterocycles. The van der Waals surface area contributed by atoms with Crippen molar-refractivity contribution in [1.29, 1.82) is 0 Å². The third kappa shape index (κ3) is 4.17. The van der Waals surface area contributed by atoms with Gasteiger partial charge in [0.1, 0.15) is 5.76 Å². The van der Waals surface area contributed by atoms with Gasteiger partial charge >= 0.3 is 0 Å². The molecule has 1 aliphatic heterocycles. The summed E-state index contributed by atoms with van der Waals surface area (Å²) in [4.78, 5) is 0. The summed E-state index contributed by atoms with van der Waals surface area (Å²) < 4.78 is 11.1. The van der Waals surface area contributed by atoms with Crippen molar-refractivity contribution in [3.05, 3.63) is 24.2 Å². The normalized spacial score (nSPS) is 22.5. The molecule has 0 spiro atoms. The first-order chi connectivity index (χ1) is 8.38. The molecule has 0 aromatic carbocycles. The summed E-state index contributed by atoms with van der Waals surface area (Å²) in [5.74, 6) is 1.06. The summed E-state index contributed by atoms with van der Waals surface area (Å²) in [6.07, 6.45) is 9.30. The van der Waals surface area contributed by atoms with Gasteiger partial charge in [-0.15, -0.1) is 0 Å². The van der Waals surface area contributed by atoms with Gasteiger partial charge in [0.2, 0.25) is 0 Å². The lowest BCUT2D eigenvalue weighted by Crippen LogP contribution is -2.30. The highest BCUT2D eigenvalue weighted by Gasteiger charge is 2.16. The minimum absolute atomic E-state index is 0.483. The van der Waals surface area contributed by atoms with Crippen molar-refractivity contribution >= 4 is 0 Å². The van der Waals surface area contributed by atoms with Crippen molar-refractivity contribution in [3.8, 4) is 0 Å². The molecule has 2 atom stereocenters. The summed E-state index contributed by atoms with van der Waals surface area (Å²) in [5.41, 5.74) is 0. The van der Waals surface area contributed by atoms with E-state index in [2.05, 4.69) is 5.32 Å². The zero-order chi connectivity index (χ0) is 11.9. The molecule has 0 radical (unpaired) electrons.